The van der Waals surface area contributed by atoms with Crippen LogP contribution in [0.15, 0.2) is 35.3 Å². The smallest absolute Gasteiger partial charge is 0.326 e. The molecular formula is C22H26N8O5. The Morgan fingerprint density at radius 3 is 2.54 bits per heavy atom. The molecule has 0 radical (unpaired) electrons. The average molecular weight is 483 g/mol. The van der Waals surface area contributed by atoms with Crippen LogP contribution in [0.1, 0.15) is 41.7 Å². The number of nitrogen functional groups attached to an aromatic ring is 1. The Labute approximate surface area is 199 Å². The number of H-pyrrole nitrogens is 1. The number of aromatic amines is 1. The number of amides is 1. The van der Waals surface area contributed by atoms with Gasteiger partial charge in [-0.1, -0.05) is 0 Å². The standard InChI is InChI=1S/C22H26N8O5/c23-9-1-2-15(31)7-8-16(21(34)35)28-19(32)12-3-5-13(6-4-12)25-10-14-11-26-18-17(27-14)20(33)30-22(24)29-18/h3-6,11,16,25H,1-2,7-10,23H2,(H,28,32)(H,34,35)(H3,24,26,29,30,33). The Kier molecular flexibility index (Phi) is 8.40. The second kappa shape index (κ2) is 11.7. The molecule has 1 aromatic carbocycles. The number of aliphatic carboxylic acids is 1. The third kappa shape index (κ3) is 7.04. The highest BCUT2D eigenvalue weighted by atomic mass is 16.4. The third-order valence-electron chi connectivity index (χ3n) is 5.08. The first-order valence-corrected chi connectivity index (χ1v) is 10.9. The maximum atomic E-state index is 12.5. The van der Waals surface area contributed by atoms with Gasteiger partial charge in [0, 0.05) is 24.1 Å². The lowest BCUT2D eigenvalue weighted by atomic mass is 10.1. The lowest BCUT2D eigenvalue weighted by Crippen LogP contribution is -2.41. The Morgan fingerprint density at radius 1 is 1.11 bits per heavy atom. The minimum absolute atomic E-state index is 0.00184. The molecule has 2 heterocycles. The van der Waals surface area contributed by atoms with Crippen LogP contribution in [0.5, 0.6) is 0 Å². The van der Waals surface area contributed by atoms with Crippen molar-refractivity contribution in [3.05, 3.63) is 52.1 Å². The predicted molar refractivity (Wildman–Crippen MR) is 128 cm³/mol. The zero-order valence-electron chi connectivity index (χ0n) is 18.8. The van der Waals surface area contributed by atoms with Gasteiger partial charge < -0.3 is 27.2 Å². The summed E-state index contributed by atoms with van der Waals surface area (Å²) in [5.41, 5.74) is 12.0. The van der Waals surface area contributed by atoms with Crippen LogP contribution in [0.4, 0.5) is 11.6 Å². The molecule has 1 atom stereocenters. The molecule has 3 rings (SSSR count). The maximum absolute atomic E-state index is 12.5. The van der Waals surface area contributed by atoms with E-state index < -0.39 is 23.5 Å². The minimum atomic E-state index is -1.21. The number of fused-ring (bicyclic) bond motifs is 1. The lowest BCUT2D eigenvalue weighted by Gasteiger charge is -2.14. The van der Waals surface area contributed by atoms with Crippen molar-refractivity contribution in [1.82, 2.24) is 25.3 Å². The third-order valence-corrected chi connectivity index (χ3v) is 5.08. The van der Waals surface area contributed by atoms with Gasteiger partial charge in [-0.2, -0.15) is 4.98 Å². The number of rotatable bonds is 12. The van der Waals surface area contributed by atoms with Gasteiger partial charge in [0.15, 0.2) is 11.2 Å². The number of nitrogens with two attached hydrogens (primary N) is 2. The Balaban J connectivity index is 1.57. The van der Waals surface area contributed by atoms with Crippen LogP contribution in [0.3, 0.4) is 0 Å². The number of benzene rings is 1. The SMILES string of the molecule is NCCCC(=O)CCC(NC(=O)c1ccc(NCc2cnc3nc(N)[nH]c(=O)c3n2)cc1)C(=O)O. The molecule has 2 aromatic heterocycles. The molecule has 0 aliphatic heterocycles. The number of carboxylic acid groups (broad SMARTS) is 1. The number of nitrogens with zero attached hydrogens (tertiary/aromatic N) is 3. The van der Waals surface area contributed by atoms with E-state index >= 15 is 0 Å². The van der Waals surface area contributed by atoms with E-state index in [-0.39, 0.29) is 54.3 Å². The molecule has 3 aromatic rings. The van der Waals surface area contributed by atoms with Gasteiger partial charge in [0.2, 0.25) is 5.95 Å². The van der Waals surface area contributed by atoms with Gasteiger partial charge in [-0.05, 0) is 43.7 Å². The Bertz CT molecular complexity index is 1280. The monoisotopic (exact) mass is 482 g/mol. The fourth-order valence-electron chi connectivity index (χ4n) is 3.22. The summed E-state index contributed by atoms with van der Waals surface area (Å²) in [5, 5.41) is 14.9. The molecule has 13 heteroatoms. The molecule has 8 N–H and O–H groups in total. The van der Waals surface area contributed by atoms with Crippen LogP contribution < -0.4 is 27.7 Å². The normalized spacial score (nSPS) is 11.7. The highest BCUT2D eigenvalue weighted by Gasteiger charge is 2.21. The summed E-state index contributed by atoms with van der Waals surface area (Å²) in [6.45, 7) is 0.635. The lowest BCUT2D eigenvalue weighted by molar-refractivity contribution is -0.139. The van der Waals surface area contributed by atoms with Crippen LogP contribution in [-0.4, -0.2) is 55.3 Å². The average Bonchev–Trinajstić information content (AvgIpc) is 2.84. The highest BCUT2D eigenvalue weighted by Crippen LogP contribution is 2.12. The molecule has 0 bridgehead atoms. The summed E-state index contributed by atoms with van der Waals surface area (Å²) in [5.74, 6) is -1.91. The number of aromatic nitrogens is 4. The van der Waals surface area contributed by atoms with E-state index in [0.717, 1.165) is 0 Å². The van der Waals surface area contributed by atoms with Crippen LogP contribution in [0.25, 0.3) is 11.2 Å². The zero-order chi connectivity index (χ0) is 25.4. The molecule has 1 amide bonds. The molecule has 1 unspecified atom stereocenters. The van der Waals surface area contributed by atoms with Crippen molar-refractivity contribution in [3.63, 3.8) is 0 Å². The van der Waals surface area contributed by atoms with E-state index in [9.17, 15) is 24.3 Å². The van der Waals surface area contributed by atoms with Crippen molar-refractivity contribution in [2.45, 2.75) is 38.3 Å². The Hall–Kier alpha value is -4.39. The summed E-state index contributed by atoms with van der Waals surface area (Å²) in [4.78, 5) is 62.3. The van der Waals surface area contributed by atoms with Crippen molar-refractivity contribution >= 4 is 40.5 Å². The van der Waals surface area contributed by atoms with Crippen LogP contribution in [0.2, 0.25) is 0 Å². The molecule has 13 nitrogen and oxygen atoms in total. The number of anilines is 2. The van der Waals surface area contributed by atoms with Gasteiger partial charge >= 0.3 is 5.97 Å². The van der Waals surface area contributed by atoms with Gasteiger partial charge in [-0.15, -0.1) is 0 Å². The first-order chi connectivity index (χ1) is 16.8. The van der Waals surface area contributed by atoms with E-state index in [1.54, 1.807) is 12.1 Å². The maximum Gasteiger partial charge on any atom is 0.326 e. The van der Waals surface area contributed by atoms with E-state index in [4.69, 9.17) is 11.5 Å². The number of ketones is 1. The summed E-state index contributed by atoms with van der Waals surface area (Å²) < 4.78 is 0. The topological polar surface area (TPSA) is 219 Å². The molecule has 0 spiro atoms. The van der Waals surface area contributed by atoms with E-state index in [2.05, 4.69) is 30.6 Å². The second-order valence-corrected chi connectivity index (χ2v) is 7.75. The van der Waals surface area contributed by atoms with Crippen LogP contribution in [-0.2, 0) is 16.1 Å². The van der Waals surface area contributed by atoms with Crippen LogP contribution >= 0.6 is 0 Å². The number of carbonyl (C=O) groups is 3. The zero-order valence-corrected chi connectivity index (χ0v) is 18.8. The fourth-order valence-corrected chi connectivity index (χ4v) is 3.22. The van der Waals surface area contributed by atoms with E-state index in [0.29, 0.717) is 24.3 Å². The van der Waals surface area contributed by atoms with Crippen molar-refractivity contribution in [2.24, 2.45) is 5.73 Å². The van der Waals surface area contributed by atoms with Crippen molar-refractivity contribution in [1.29, 1.82) is 0 Å². The van der Waals surface area contributed by atoms with Gasteiger partial charge in [0.05, 0.1) is 18.4 Å². The summed E-state index contributed by atoms with van der Waals surface area (Å²) >= 11 is 0. The van der Waals surface area contributed by atoms with Gasteiger partial charge in [-0.3, -0.25) is 19.4 Å². The van der Waals surface area contributed by atoms with Gasteiger partial charge in [0.1, 0.15) is 11.8 Å². The summed E-state index contributed by atoms with van der Waals surface area (Å²) in [6, 6.07) is 5.18. The molecule has 0 aliphatic carbocycles. The quantitative estimate of drug-likeness (QED) is 0.204. The number of carboxylic acids is 1. The van der Waals surface area contributed by atoms with E-state index in [1.807, 2.05) is 0 Å². The second-order valence-electron chi connectivity index (χ2n) is 7.75. The highest BCUT2D eigenvalue weighted by molar-refractivity contribution is 5.97. The van der Waals surface area contributed by atoms with Gasteiger partial charge in [0.25, 0.3) is 11.5 Å². The molecule has 0 fully saturated rings. The first kappa shape index (κ1) is 25.2. The van der Waals surface area contributed by atoms with Crippen LogP contribution in [0, 0.1) is 0 Å². The molecule has 0 saturated carbocycles. The molecule has 184 valence electrons. The number of carbonyl (C=O) groups excluding carboxylic acids is 2. The first-order valence-electron chi connectivity index (χ1n) is 10.9. The van der Waals surface area contributed by atoms with Crippen molar-refractivity contribution in [3.8, 4) is 0 Å². The molecular weight excluding hydrogens is 456 g/mol. The molecule has 0 saturated heterocycles. The molecule has 0 aliphatic rings. The fraction of sp³-hybridized carbons (Fsp3) is 0.318. The Morgan fingerprint density at radius 2 is 1.86 bits per heavy atom. The van der Waals surface area contributed by atoms with Gasteiger partial charge in [-0.25, -0.2) is 14.8 Å². The van der Waals surface area contributed by atoms with E-state index in [1.165, 1.54) is 18.3 Å². The number of hydrogen-bond donors (Lipinski definition) is 6. The molecule has 35 heavy (non-hydrogen) atoms. The van der Waals surface area contributed by atoms with Crippen molar-refractivity contribution < 1.29 is 19.5 Å². The predicted octanol–water partition coefficient (Wildman–Crippen LogP) is 0.179. The minimum Gasteiger partial charge on any atom is -0.480 e. The largest absolute Gasteiger partial charge is 0.480 e. The number of hydrogen-bond acceptors (Lipinski definition) is 10. The summed E-state index contributed by atoms with van der Waals surface area (Å²) in [7, 11) is 0. The number of Topliss-reactive ketones (excluding diaryl/α,β-unsaturated/α-hetero) is 1. The number of nitrogens with one attached hydrogen (secondary N) is 3. The van der Waals surface area contributed by atoms with Crippen molar-refractivity contribution in [2.75, 3.05) is 17.6 Å². The summed E-state index contributed by atoms with van der Waals surface area (Å²) in [6.07, 6.45) is 2.35.